The summed E-state index contributed by atoms with van der Waals surface area (Å²) in [6.45, 7) is 5.74. The molecule has 0 saturated heterocycles. The van der Waals surface area contributed by atoms with Crippen LogP contribution in [0.2, 0.25) is 0 Å². The van der Waals surface area contributed by atoms with E-state index in [-0.39, 0.29) is 25.3 Å². The summed E-state index contributed by atoms with van der Waals surface area (Å²) in [5.41, 5.74) is 1.65. The third kappa shape index (κ3) is 8.23. The fourth-order valence-corrected chi connectivity index (χ4v) is 3.71. The molecule has 172 valence electrons. The van der Waals surface area contributed by atoms with Crippen LogP contribution in [0, 0.1) is 0 Å². The van der Waals surface area contributed by atoms with E-state index in [1.165, 1.54) is 7.05 Å². The average Bonchev–Trinajstić information content (AvgIpc) is 2.73. The van der Waals surface area contributed by atoms with Crippen LogP contribution in [-0.2, 0) is 27.5 Å². The molecule has 2 bridgehead atoms. The van der Waals surface area contributed by atoms with Crippen molar-refractivity contribution in [2.24, 2.45) is 0 Å². The molecule has 2 rings (SSSR count). The summed E-state index contributed by atoms with van der Waals surface area (Å²) < 4.78 is 0. The van der Waals surface area contributed by atoms with E-state index in [1.807, 2.05) is 23.1 Å². The maximum Gasteiger partial charge on any atom is 0.320 e. The molecule has 10 heteroatoms. The van der Waals surface area contributed by atoms with Gasteiger partial charge < -0.3 is 15.5 Å². The molecule has 31 heavy (non-hydrogen) atoms. The predicted molar refractivity (Wildman–Crippen MR) is 114 cm³/mol. The van der Waals surface area contributed by atoms with Crippen molar-refractivity contribution in [3.05, 3.63) is 29.6 Å². The third-order valence-electron chi connectivity index (χ3n) is 5.51. The van der Waals surface area contributed by atoms with Gasteiger partial charge in [-0.2, -0.15) is 0 Å². The van der Waals surface area contributed by atoms with Crippen LogP contribution in [0.5, 0.6) is 0 Å². The molecule has 1 amide bonds. The number of rotatable bonds is 8. The standard InChI is InChI=1S/C21H33N5O5/c1-3-24-9-10-25(15-20(28)29)11-12-26(14-17-6-4-5-16(13-24)23-17)18(21(30)31)7-8-19(27)22-2/h4-6,18H,3,7-15H2,1-2H3,(H,22,27)(H,28,29)(H,30,31). The number of aromatic nitrogens is 1. The molecule has 1 aliphatic heterocycles. The number of hydrogen-bond acceptors (Lipinski definition) is 7. The normalized spacial score (nSPS) is 17.9. The number of carboxylic acid groups (broad SMARTS) is 2. The second-order valence-electron chi connectivity index (χ2n) is 7.70. The van der Waals surface area contributed by atoms with Crippen LogP contribution in [0.25, 0.3) is 0 Å². The summed E-state index contributed by atoms with van der Waals surface area (Å²) in [6, 6.07) is 4.86. The SMILES string of the molecule is CCN1CCN(CC(=O)O)CCN(C(CCC(=O)NC)C(=O)O)Cc2cccc(n2)C1. The van der Waals surface area contributed by atoms with Gasteiger partial charge in [0.2, 0.25) is 5.91 Å². The lowest BCUT2D eigenvalue weighted by Crippen LogP contribution is -2.47. The zero-order chi connectivity index (χ0) is 22.8. The van der Waals surface area contributed by atoms with Crippen molar-refractivity contribution in [3.8, 4) is 0 Å². The van der Waals surface area contributed by atoms with Crippen LogP contribution in [0.3, 0.4) is 0 Å². The smallest absolute Gasteiger partial charge is 0.320 e. The number of fused-ring (bicyclic) bond motifs is 2. The summed E-state index contributed by atoms with van der Waals surface area (Å²) in [7, 11) is 1.52. The molecule has 1 aliphatic rings. The molecular formula is C21H33N5O5. The van der Waals surface area contributed by atoms with Crippen LogP contribution >= 0.6 is 0 Å². The molecule has 1 atom stereocenters. The van der Waals surface area contributed by atoms with Crippen molar-refractivity contribution in [2.45, 2.75) is 38.9 Å². The summed E-state index contributed by atoms with van der Waals surface area (Å²) >= 11 is 0. The van der Waals surface area contributed by atoms with Gasteiger partial charge in [0, 0.05) is 52.7 Å². The zero-order valence-corrected chi connectivity index (χ0v) is 18.3. The van der Waals surface area contributed by atoms with Gasteiger partial charge in [-0.05, 0) is 25.1 Å². The number of likely N-dealkylation sites (N-methyl/N-ethyl adjacent to an activating group) is 1. The van der Waals surface area contributed by atoms with Gasteiger partial charge in [0.1, 0.15) is 6.04 Å². The summed E-state index contributed by atoms with van der Waals surface area (Å²) in [4.78, 5) is 45.6. The van der Waals surface area contributed by atoms with E-state index in [2.05, 4.69) is 17.1 Å². The molecule has 0 aliphatic carbocycles. The van der Waals surface area contributed by atoms with Crippen molar-refractivity contribution in [2.75, 3.05) is 46.3 Å². The Labute approximate surface area is 182 Å². The lowest BCUT2D eigenvalue weighted by Gasteiger charge is -2.32. The lowest BCUT2D eigenvalue weighted by atomic mass is 10.1. The monoisotopic (exact) mass is 435 g/mol. The lowest BCUT2D eigenvalue weighted by molar-refractivity contribution is -0.145. The number of carbonyl (C=O) groups is 3. The van der Waals surface area contributed by atoms with Crippen molar-refractivity contribution in [1.82, 2.24) is 25.0 Å². The van der Waals surface area contributed by atoms with Gasteiger partial charge in [-0.3, -0.25) is 34.1 Å². The van der Waals surface area contributed by atoms with Crippen molar-refractivity contribution in [3.63, 3.8) is 0 Å². The molecule has 1 aromatic rings. The quantitative estimate of drug-likeness (QED) is 0.520. The highest BCUT2D eigenvalue weighted by Crippen LogP contribution is 2.15. The molecule has 0 saturated carbocycles. The number of nitrogens with zero attached hydrogens (tertiary/aromatic N) is 4. The van der Waals surface area contributed by atoms with Crippen LogP contribution in [0.4, 0.5) is 0 Å². The Kier molecular flexibility index (Phi) is 9.83. The summed E-state index contributed by atoms with van der Waals surface area (Å²) in [5.74, 6) is -2.13. The van der Waals surface area contributed by atoms with Gasteiger partial charge in [-0.25, -0.2) is 0 Å². The van der Waals surface area contributed by atoms with Gasteiger partial charge in [0.25, 0.3) is 0 Å². The fraction of sp³-hybridized carbons (Fsp3) is 0.619. The van der Waals surface area contributed by atoms with Crippen molar-refractivity contribution in [1.29, 1.82) is 0 Å². The van der Waals surface area contributed by atoms with E-state index >= 15 is 0 Å². The van der Waals surface area contributed by atoms with E-state index in [0.29, 0.717) is 39.3 Å². The van der Waals surface area contributed by atoms with Crippen LogP contribution in [0.1, 0.15) is 31.2 Å². The first-order valence-corrected chi connectivity index (χ1v) is 10.6. The molecule has 10 nitrogen and oxygen atoms in total. The average molecular weight is 436 g/mol. The molecule has 0 spiro atoms. The zero-order valence-electron chi connectivity index (χ0n) is 18.3. The molecule has 0 aromatic carbocycles. The Morgan fingerprint density at radius 2 is 1.71 bits per heavy atom. The van der Waals surface area contributed by atoms with E-state index in [0.717, 1.165) is 17.9 Å². The number of hydrogen-bond donors (Lipinski definition) is 3. The van der Waals surface area contributed by atoms with Crippen molar-refractivity contribution < 1.29 is 24.6 Å². The van der Waals surface area contributed by atoms with Gasteiger partial charge >= 0.3 is 11.9 Å². The van der Waals surface area contributed by atoms with Gasteiger partial charge in [0.15, 0.2) is 0 Å². The molecule has 3 N–H and O–H groups in total. The van der Waals surface area contributed by atoms with Crippen LogP contribution in [-0.4, -0.2) is 100 Å². The van der Waals surface area contributed by atoms with Crippen LogP contribution < -0.4 is 5.32 Å². The number of carbonyl (C=O) groups excluding carboxylic acids is 1. The Morgan fingerprint density at radius 1 is 1.06 bits per heavy atom. The second kappa shape index (κ2) is 12.3. The minimum atomic E-state index is -1.01. The predicted octanol–water partition coefficient (Wildman–Crippen LogP) is 0.0851. The number of amides is 1. The second-order valence-corrected chi connectivity index (χ2v) is 7.70. The number of pyridine rings is 1. The first kappa shape index (κ1) is 24.7. The fourth-order valence-electron chi connectivity index (χ4n) is 3.71. The maximum absolute atomic E-state index is 12.0. The molecule has 0 fully saturated rings. The first-order valence-electron chi connectivity index (χ1n) is 10.6. The largest absolute Gasteiger partial charge is 0.480 e. The van der Waals surface area contributed by atoms with Gasteiger partial charge in [0.05, 0.1) is 17.9 Å². The van der Waals surface area contributed by atoms with Gasteiger partial charge in [-0.1, -0.05) is 13.0 Å². The molecule has 1 aromatic heterocycles. The maximum atomic E-state index is 12.0. The van der Waals surface area contributed by atoms with Crippen LogP contribution in [0.15, 0.2) is 18.2 Å². The highest BCUT2D eigenvalue weighted by molar-refractivity contribution is 5.78. The Morgan fingerprint density at radius 3 is 2.32 bits per heavy atom. The Hall–Kier alpha value is -2.56. The minimum Gasteiger partial charge on any atom is -0.480 e. The molecular weight excluding hydrogens is 402 g/mol. The van der Waals surface area contributed by atoms with E-state index in [1.54, 1.807) is 4.90 Å². The Bertz CT molecular complexity index is 759. The minimum absolute atomic E-state index is 0.0989. The Balaban J connectivity index is 2.30. The highest BCUT2D eigenvalue weighted by Gasteiger charge is 2.28. The first-order chi connectivity index (χ1) is 14.8. The summed E-state index contributed by atoms with van der Waals surface area (Å²) in [6.07, 6.45) is 0.263. The van der Waals surface area contributed by atoms with Crippen molar-refractivity contribution >= 4 is 17.8 Å². The van der Waals surface area contributed by atoms with E-state index in [4.69, 9.17) is 4.98 Å². The number of nitrogens with one attached hydrogen (secondary N) is 1. The highest BCUT2D eigenvalue weighted by atomic mass is 16.4. The third-order valence-corrected chi connectivity index (χ3v) is 5.51. The summed E-state index contributed by atoms with van der Waals surface area (Å²) in [5, 5.41) is 21.7. The van der Waals surface area contributed by atoms with E-state index in [9.17, 15) is 24.6 Å². The number of aliphatic carboxylic acids is 2. The van der Waals surface area contributed by atoms with E-state index < -0.39 is 18.0 Å². The molecule has 1 unspecified atom stereocenters. The molecule has 2 heterocycles. The molecule has 0 radical (unpaired) electrons. The number of carboxylic acids is 2. The topological polar surface area (TPSA) is 126 Å². The van der Waals surface area contributed by atoms with Gasteiger partial charge in [-0.15, -0.1) is 0 Å².